The molecule has 0 amide bonds. The second kappa shape index (κ2) is 2.83. The number of aliphatic hydroxyl groups is 2. The van der Waals surface area contributed by atoms with Crippen molar-refractivity contribution in [3.05, 3.63) is 11.6 Å². The Morgan fingerprint density at radius 2 is 1.94 bits per heavy atom. The van der Waals surface area contributed by atoms with Crippen LogP contribution in [0.3, 0.4) is 0 Å². The van der Waals surface area contributed by atoms with E-state index in [4.69, 9.17) is 0 Å². The molecule has 2 N–H and O–H groups in total. The van der Waals surface area contributed by atoms with E-state index in [-0.39, 0.29) is 17.1 Å². The van der Waals surface area contributed by atoms with Crippen molar-refractivity contribution in [3.8, 4) is 0 Å². The minimum atomic E-state index is -1.13. The second-order valence-corrected chi connectivity index (χ2v) is 6.49. The highest BCUT2D eigenvalue weighted by Crippen LogP contribution is 2.67. The molecule has 3 rings (SSSR count). The molecule has 2 fully saturated rings. The van der Waals surface area contributed by atoms with E-state index in [0.717, 1.165) is 18.4 Å². The fourth-order valence-corrected chi connectivity index (χ4v) is 4.36. The van der Waals surface area contributed by atoms with Crippen LogP contribution in [0.1, 0.15) is 40.0 Å². The molecule has 0 radical (unpaired) electrons. The fraction of sp³-hybridized carbons (Fsp3) is 0.786. The summed E-state index contributed by atoms with van der Waals surface area (Å²) in [6, 6.07) is 0. The van der Waals surface area contributed by atoms with Gasteiger partial charge in [-0.1, -0.05) is 18.6 Å². The number of rotatable bonds is 0. The SMILES string of the molecule is CC1=C[C@]2(O)C[C@@H](C)C(=O)[C@@H]2[C@](C)(O)C12CC2. The Morgan fingerprint density at radius 3 is 2.47 bits per heavy atom. The van der Waals surface area contributed by atoms with Crippen LogP contribution in [0.5, 0.6) is 0 Å². The van der Waals surface area contributed by atoms with Crippen molar-refractivity contribution >= 4 is 5.78 Å². The van der Waals surface area contributed by atoms with Crippen molar-refractivity contribution in [2.45, 2.75) is 51.2 Å². The molecule has 3 heteroatoms. The minimum absolute atomic E-state index is 0.0209. The molecule has 3 nitrogen and oxygen atoms in total. The van der Waals surface area contributed by atoms with E-state index in [9.17, 15) is 15.0 Å². The van der Waals surface area contributed by atoms with E-state index in [1.54, 1.807) is 6.92 Å². The van der Waals surface area contributed by atoms with Crippen LogP contribution in [-0.2, 0) is 4.79 Å². The zero-order valence-corrected chi connectivity index (χ0v) is 10.7. The number of Topliss-reactive ketones (excluding diaryl/α,β-unsaturated/α-hetero) is 1. The van der Waals surface area contributed by atoms with Gasteiger partial charge in [-0.25, -0.2) is 0 Å². The van der Waals surface area contributed by atoms with E-state index in [2.05, 4.69) is 0 Å². The summed E-state index contributed by atoms with van der Waals surface area (Å²) in [5.74, 6) is -0.779. The molecule has 0 heterocycles. The van der Waals surface area contributed by atoms with Crippen LogP contribution in [0.2, 0.25) is 0 Å². The predicted octanol–water partition coefficient (Wildman–Crippen LogP) is 1.43. The van der Waals surface area contributed by atoms with Crippen molar-refractivity contribution in [1.82, 2.24) is 0 Å². The van der Waals surface area contributed by atoms with E-state index in [0.29, 0.717) is 6.42 Å². The lowest BCUT2D eigenvalue weighted by molar-refractivity contribution is -0.151. The molecule has 4 atom stereocenters. The van der Waals surface area contributed by atoms with Crippen molar-refractivity contribution in [1.29, 1.82) is 0 Å². The molecule has 3 aliphatic rings. The monoisotopic (exact) mass is 236 g/mol. The molecule has 1 spiro atoms. The third-order valence-corrected chi connectivity index (χ3v) is 5.41. The highest BCUT2D eigenvalue weighted by Gasteiger charge is 2.70. The maximum absolute atomic E-state index is 12.2. The van der Waals surface area contributed by atoms with E-state index < -0.39 is 17.1 Å². The Labute approximate surface area is 102 Å². The van der Waals surface area contributed by atoms with Gasteiger partial charge in [-0.15, -0.1) is 0 Å². The first-order valence-electron chi connectivity index (χ1n) is 6.43. The third kappa shape index (κ3) is 1.12. The zero-order chi connectivity index (χ0) is 12.6. The number of carbonyl (C=O) groups is 1. The summed E-state index contributed by atoms with van der Waals surface area (Å²) in [6.07, 6.45) is 4.15. The number of carbonyl (C=O) groups excluding carboxylic acids is 1. The Balaban J connectivity index is 2.18. The average Bonchev–Trinajstić information content (AvgIpc) is 2.91. The molecule has 94 valence electrons. The summed E-state index contributed by atoms with van der Waals surface area (Å²) in [5, 5.41) is 21.5. The van der Waals surface area contributed by atoms with Gasteiger partial charge >= 0.3 is 0 Å². The van der Waals surface area contributed by atoms with Crippen LogP contribution in [0, 0.1) is 17.3 Å². The summed E-state index contributed by atoms with van der Waals surface area (Å²) in [5.41, 5.74) is -1.41. The molecule has 0 aliphatic heterocycles. The topological polar surface area (TPSA) is 57.5 Å². The van der Waals surface area contributed by atoms with Gasteiger partial charge in [0.25, 0.3) is 0 Å². The predicted molar refractivity (Wildman–Crippen MR) is 63.3 cm³/mol. The van der Waals surface area contributed by atoms with Crippen LogP contribution >= 0.6 is 0 Å². The summed E-state index contributed by atoms with van der Waals surface area (Å²) in [4.78, 5) is 12.2. The maximum atomic E-state index is 12.2. The van der Waals surface area contributed by atoms with Gasteiger partial charge in [0.05, 0.1) is 17.1 Å². The van der Waals surface area contributed by atoms with Crippen LogP contribution < -0.4 is 0 Å². The normalized spacial score (nSPS) is 51.4. The average molecular weight is 236 g/mol. The summed E-state index contributed by atoms with van der Waals surface area (Å²) in [7, 11) is 0. The standard InChI is InChI=1S/C14H20O3/c1-8-6-14(17)7-9(2)13(4-5-13)12(3,16)11(14)10(8)15/h7-8,11,16-17H,4-6H2,1-3H3/t8-,11-,12+,14-/m1/s1. The first-order valence-corrected chi connectivity index (χ1v) is 6.43. The Morgan fingerprint density at radius 1 is 1.35 bits per heavy atom. The van der Waals surface area contributed by atoms with Crippen molar-refractivity contribution in [2.75, 3.05) is 0 Å². The first-order chi connectivity index (χ1) is 7.75. The second-order valence-electron chi connectivity index (χ2n) is 6.49. The molecule has 0 aromatic rings. The van der Waals surface area contributed by atoms with E-state index >= 15 is 0 Å². The lowest BCUT2D eigenvalue weighted by atomic mass is 9.62. The molecule has 0 bridgehead atoms. The molecule has 0 aromatic carbocycles. The molecule has 0 saturated heterocycles. The Bertz CT molecular complexity index is 431. The van der Waals surface area contributed by atoms with Gasteiger partial charge in [0.15, 0.2) is 0 Å². The van der Waals surface area contributed by atoms with Crippen LogP contribution in [-0.4, -0.2) is 27.2 Å². The van der Waals surface area contributed by atoms with Crippen molar-refractivity contribution < 1.29 is 15.0 Å². The van der Waals surface area contributed by atoms with E-state index in [1.807, 2.05) is 19.9 Å². The van der Waals surface area contributed by atoms with Crippen molar-refractivity contribution in [3.63, 3.8) is 0 Å². The van der Waals surface area contributed by atoms with Gasteiger partial charge < -0.3 is 10.2 Å². The number of ketones is 1. The van der Waals surface area contributed by atoms with E-state index in [1.165, 1.54) is 0 Å². The highest BCUT2D eigenvalue weighted by atomic mass is 16.3. The zero-order valence-electron chi connectivity index (χ0n) is 10.7. The molecular formula is C14H20O3. The molecular weight excluding hydrogens is 216 g/mol. The van der Waals surface area contributed by atoms with Gasteiger partial charge in [-0.2, -0.15) is 0 Å². The fourth-order valence-electron chi connectivity index (χ4n) is 4.36. The summed E-state index contributed by atoms with van der Waals surface area (Å²) < 4.78 is 0. The van der Waals surface area contributed by atoms with Crippen molar-refractivity contribution in [2.24, 2.45) is 17.3 Å². The van der Waals surface area contributed by atoms with Gasteiger partial charge in [0, 0.05) is 11.3 Å². The van der Waals surface area contributed by atoms with Crippen LogP contribution in [0.25, 0.3) is 0 Å². The quantitative estimate of drug-likeness (QED) is 0.626. The molecule has 3 aliphatic carbocycles. The van der Waals surface area contributed by atoms with Crippen LogP contribution in [0.4, 0.5) is 0 Å². The Hall–Kier alpha value is -0.670. The van der Waals surface area contributed by atoms with Gasteiger partial charge in [0.2, 0.25) is 0 Å². The number of fused-ring (bicyclic) bond motifs is 1. The summed E-state index contributed by atoms with van der Waals surface area (Å²) >= 11 is 0. The van der Waals surface area contributed by atoms with Crippen LogP contribution in [0.15, 0.2) is 11.6 Å². The smallest absolute Gasteiger partial charge is 0.145 e. The molecule has 0 unspecified atom stereocenters. The lowest BCUT2D eigenvalue weighted by Crippen LogP contribution is -2.57. The lowest BCUT2D eigenvalue weighted by Gasteiger charge is -2.47. The summed E-state index contributed by atoms with van der Waals surface area (Å²) in [6.45, 7) is 5.56. The molecule has 17 heavy (non-hydrogen) atoms. The van der Waals surface area contributed by atoms with Gasteiger partial charge in [-0.3, -0.25) is 4.79 Å². The van der Waals surface area contributed by atoms with Gasteiger partial charge in [0.1, 0.15) is 5.78 Å². The maximum Gasteiger partial charge on any atom is 0.145 e. The highest BCUT2D eigenvalue weighted by molar-refractivity contribution is 5.89. The number of hydrogen-bond acceptors (Lipinski definition) is 3. The largest absolute Gasteiger partial charge is 0.388 e. The molecule has 2 saturated carbocycles. The minimum Gasteiger partial charge on any atom is -0.388 e. The van der Waals surface area contributed by atoms with Gasteiger partial charge in [-0.05, 0) is 33.1 Å². The third-order valence-electron chi connectivity index (χ3n) is 5.41. The Kier molecular flexibility index (Phi) is 1.90. The first kappa shape index (κ1) is 11.4. The molecule has 0 aromatic heterocycles. The number of hydrogen-bond donors (Lipinski definition) is 2.